The Balaban J connectivity index is 2.52. The first-order chi connectivity index (χ1) is 8.38. The third-order valence-electron chi connectivity index (χ3n) is 3.18. The van der Waals surface area contributed by atoms with Crippen LogP contribution in [0.5, 0.6) is 0 Å². The lowest BCUT2D eigenvalue weighted by atomic mass is 9.89. The van der Waals surface area contributed by atoms with E-state index in [9.17, 15) is 0 Å². The Morgan fingerprint density at radius 2 is 1.67 bits per heavy atom. The van der Waals surface area contributed by atoms with Crippen LogP contribution in [0, 0.1) is 19.3 Å². The van der Waals surface area contributed by atoms with Crippen LogP contribution in [0.1, 0.15) is 37.7 Å². The van der Waals surface area contributed by atoms with Crippen molar-refractivity contribution in [2.75, 3.05) is 0 Å². The van der Waals surface area contributed by atoms with Crippen molar-refractivity contribution in [1.82, 2.24) is 9.78 Å². The molecule has 0 N–H and O–H groups in total. The highest BCUT2D eigenvalue weighted by molar-refractivity contribution is 5.37. The number of aromatic nitrogens is 2. The predicted octanol–water partition coefficient (Wildman–Crippen LogP) is 4.08. The van der Waals surface area contributed by atoms with Crippen molar-refractivity contribution >= 4 is 0 Å². The molecule has 2 heteroatoms. The minimum absolute atomic E-state index is 0.268. The smallest absolute Gasteiger partial charge is 0.0649 e. The maximum atomic E-state index is 4.68. The van der Waals surface area contributed by atoms with Gasteiger partial charge in [0.15, 0.2) is 0 Å². The van der Waals surface area contributed by atoms with Gasteiger partial charge in [-0.25, -0.2) is 4.68 Å². The van der Waals surface area contributed by atoms with E-state index in [-0.39, 0.29) is 5.41 Å². The van der Waals surface area contributed by atoms with Gasteiger partial charge in [0, 0.05) is 5.69 Å². The molecule has 0 radical (unpaired) electrons. The molecule has 1 heterocycles. The Bertz CT molecular complexity index is 530. The molecule has 0 amide bonds. The first kappa shape index (κ1) is 12.9. The lowest BCUT2D eigenvalue weighted by Gasteiger charge is -2.19. The quantitative estimate of drug-likeness (QED) is 0.776. The van der Waals surface area contributed by atoms with Crippen LogP contribution in [-0.4, -0.2) is 9.78 Å². The second-order valence-corrected chi connectivity index (χ2v) is 6.14. The van der Waals surface area contributed by atoms with Crippen LogP contribution < -0.4 is 0 Å². The van der Waals surface area contributed by atoms with E-state index >= 15 is 0 Å². The van der Waals surface area contributed by atoms with E-state index < -0.39 is 0 Å². The van der Waals surface area contributed by atoms with E-state index in [1.807, 2.05) is 6.07 Å². The maximum absolute atomic E-state index is 4.68. The molecule has 1 aromatic heterocycles. The summed E-state index contributed by atoms with van der Waals surface area (Å²) >= 11 is 0. The van der Waals surface area contributed by atoms with E-state index in [1.165, 1.54) is 11.3 Å². The van der Waals surface area contributed by atoms with Gasteiger partial charge >= 0.3 is 0 Å². The van der Waals surface area contributed by atoms with E-state index in [2.05, 4.69) is 68.7 Å². The number of hydrogen-bond donors (Lipinski definition) is 0. The van der Waals surface area contributed by atoms with Crippen molar-refractivity contribution in [2.45, 2.75) is 41.0 Å². The molecule has 0 aliphatic carbocycles. The largest absolute Gasteiger partial charge is 0.237 e. The molecule has 0 fully saturated rings. The maximum Gasteiger partial charge on any atom is 0.0649 e. The molecule has 0 saturated heterocycles. The van der Waals surface area contributed by atoms with Crippen LogP contribution in [0.25, 0.3) is 5.69 Å². The van der Waals surface area contributed by atoms with Crippen molar-refractivity contribution in [1.29, 1.82) is 0 Å². The molecule has 2 nitrogen and oxygen atoms in total. The van der Waals surface area contributed by atoms with Gasteiger partial charge in [0.2, 0.25) is 0 Å². The fourth-order valence-electron chi connectivity index (χ4n) is 2.15. The van der Waals surface area contributed by atoms with E-state index in [1.54, 1.807) is 0 Å². The van der Waals surface area contributed by atoms with E-state index in [0.717, 1.165) is 17.8 Å². The summed E-state index contributed by atoms with van der Waals surface area (Å²) in [6.07, 6.45) is 1.04. The topological polar surface area (TPSA) is 17.8 Å². The second kappa shape index (κ2) is 4.60. The van der Waals surface area contributed by atoms with Crippen LogP contribution in [0.2, 0.25) is 0 Å². The van der Waals surface area contributed by atoms with Gasteiger partial charge in [-0.3, -0.25) is 0 Å². The summed E-state index contributed by atoms with van der Waals surface area (Å²) in [6, 6.07) is 10.4. The molecule has 2 aromatic rings. The van der Waals surface area contributed by atoms with Gasteiger partial charge in [-0.1, -0.05) is 39.0 Å². The van der Waals surface area contributed by atoms with E-state index in [0.29, 0.717) is 0 Å². The first-order valence-corrected chi connectivity index (χ1v) is 6.49. The van der Waals surface area contributed by atoms with Gasteiger partial charge in [0.25, 0.3) is 0 Å². The fraction of sp³-hybridized carbons (Fsp3) is 0.438. The summed E-state index contributed by atoms with van der Waals surface area (Å²) in [7, 11) is 0. The molecular weight excluding hydrogens is 220 g/mol. The van der Waals surface area contributed by atoms with Gasteiger partial charge < -0.3 is 0 Å². The van der Waals surface area contributed by atoms with Gasteiger partial charge in [-0.15, -0.1) is 0 Å². The summed E-state index contributed by atoms with van der Waals surface area (Å²) in [6.45, 7) is 11.1. The van der Waals surface area contributed by atoms with Crippen LogP contribution in [0.15, 0.2) is 30.3 Å². The molecule has 18 heavy (non-hydrogen) atoms. The Labute approximate surface area is 110 Å². The van der Waals surface area contributed by atoms with Crippen molar-refractivity contribution < 1.29 is 0 Å². The van der Waals surface area contributed by atoms with Gasteiger partial charge in [0.05, 0.1) is 11.4 Å². The van der Waals surface area contributed by atoms with Crippen LogP contribution >= 0.6 is 0 Å². The van der Waals surface area contributed by atoms with Crippen LogP contribution in [-0.2, 0) is 6.42 Å². The Morgan fingerprint density at radius 3 is 2.22 bits per heavy atom. The Morgan fingerprint density at radius 1 is 1.06 bits per heavy atom. The van der Waals surface area contributed by atoms with Crippen LogP contribution in [0.4, 0.5) is 0 Å². The molecular formula is C16H22N2. The molecule has 0 spiro atoms. The third kappa shape index (κ3) is 2.63. The molecule has 96 valence electrons. The molecule has 0 atom stereocenters. The predicted molar refractivity (Wildman–Crippen MR) is 76.2 cm³/mol. The van der Waals surface area contributed by atoms with Gasteiger partial charge in [-0.05, 0) is 43.4 Å². The van der Waals surface area contributed by atoms with Crippen molar-refractivity contribution in [3.05, 3.63) is 47.3 Å². The summed E-state index contributed by atoms with van der Waals surface area (Å²) in [5, 5.41) is 4.68. The van der Waals surface area contributed by atoms with Gasteiger partial charge in [0.1, 0.15) is 0 Å². The number of rotatable bonds is 2. The summed E-state index contributed by atoms with van der Waals surface area (Å²) in [4.78, 5) is 0. The van der Waals surface area contributed by atoms with Crippen molar-refractivity contribution in [3.8, 4) is 5.69 Å². The zero-order valence-electron chi connectivity index (χ0n) is 12.0. The minimum Gasteiger partial charge on any atom is -0.237 e. The summed E-state index contributed by atoms with van der Waals surface area (Å²) < 4.78 is 2.09. The standard InChI is InChI=1S/C16H22N2/c1-12-13(2)17-18(14-9-7-6-8-10-14)15(12)11-16(3,4)5/h6-10H,11H2,1-5H3. The van der Waals surface area contributed by atoms with Crippen molar-refractivity contribution in [2.24, 2.45) is 5.41 Å². The van der Waals surface area contributed by atoms with Crippen LogP contribution in [0.3, 0.4) is 0 Å². The monoisotopic (exact) mass is 242 g/mol. The molecule has 0 bridgehead atoms. The Hall–Kier alpha value is -1.57. The third-order valence-corrected chi connectivity index (χ3v) is 3.18. The highest BCUT2D eigenvalue weighted by atomic mass is 15.3. The summed E-state index contributed by atoms with van der Waals surface area (Å²) in [5.41, 5.74) is 5.18. The number of hydrogen-bond acceptors (Lipinski definition) is 1. The molecule has 0 aliphatic rings. The summed E-state index contributed by atoms with van der Waals surface area (Å²) in [5.74, 6) is 0. The average molecular weight is 242 g/mol. The molecule has 0 unspecified atom stereocenters. The SMILES string of the molecule is Cc1nn(-c2ccccc2)c(CC(C)(C)C)c1C. The molecule has 0 saturated carbocycles. The normalized spacial score (nSPS) is 11.8. The lowest BCUT2D eigenvalue weighted by Crippen LogP contribution is -2.14. The second-order valence-electron chi connectivity index (χ2n) is 6.14. The highest BCUT2D eigenvalue weighted by Crippen LogP contribution is 2.26. The first-order valence-electron chi connectivity index (χ1n) is 6.49. The zero-order chi connectivity index (χ0) is 13.3. The lowest BCUT2D eigenvalue weighted by molar-refractivity contribution is 0.401. The van der Waals surface area contributed by atoms with Crippen molar-refractivity contribution in [3.63, 3.8) is 0 Å². The fourth-order valence-corrected chi connectivity index (χ4v) is 2.15. The number of para-hydroxylation sites is 1. The molecule has 1 aromatic carbocycles. The highest BCUT2D eigenvalue weighted by Gasteiger charge is 2.19. The molecule has 2 rings (SSSR count). The number of benzene rings is 1. The molecule has 0 aliphatic heterocycles. The zero-order valence-corrected chi connectivity index (χ0v) is 12.0. The average Bonchev–Trinajstić information content (AvgIpc) is 2.57. The number of nitrogens with zero attached hydrogens (tertiary/aromatic N) is 2. The van der Waals surface area contributed by atoms with E-state index in [4.69, 9.17) is 0 Å². The Kier molecular flexibility index (Phi) is 3.29. The minimum atomic E-state index is 0.268. The number of aryl methyl sites for hydroxylation is 1. The van der Waals surface area contributed by atoms with Gasteiger partial charge in [-0.2, -0.15) is 5.10 Å².